The molecule has 0 saturated heterocycles. The van der Waals surface area contributed by atoms with Gasteiger partial charge in [0, 0.05) is 25.6 Å². The van der Waals surface area contributed by atoms with Crippen LogP contribution in [0.4, 0.5) is 0 Å². The molecular formula is C11H12N4O2. The first-order chi connectivity index (χ1) is 8.24. The third kappa shape index (κ3) is 2.16. The molecule has 88 valence electrons. The second-order valence-electron chi connectivity index (χ2n) is 3.31. The molecule has 0 bridgehead atoms. The Morgan fingerprint density at radius 2 is 2.24 bits per heavy atom. The Hall–Kier alpha value is -2.21. The van der Waals surface area contributed by atoms with Crippen molar-refractivity contribution in [2.75, 3.05) is 14.2 Å². The average molecular weight is 232 g/mol. The minimum absolute atomic E-state index is 0.272. The quantitative estimate of drug-likeness (QED) is 0.738. The fraction of sp³-hybridized carbons (Fsp3) is 0.182. The average Bonchev–Trinajstić information content (AvgIpc) is 2.90. The first-order valence-corrected chi connectivity index (χ1v) is 5.01. The molecule has 6 nitrogen and oxygen atoms in total. The van der Waals surface area contributed by atoms with Crippen molar-refractivity contribution in [1.82, 2.24) is 19.8 Å². The highest BCUT2D eigenvalue weighted by Crippen LogP contribution is 2.12. The predicted octanol–water partition coefficient (Wildman–Crippen LogP) is 0.901. The van der Waals surface area contributed by atoms with Crippen LogP contribution in [0.25, 0.3) is 5.82 Å². The van der Waals surface area contributed by atoms with Crippen LogP contribution in [0.1, 0.15) is 10.4 Å². The van der Waals surface area contributed by atoms with E-state index in [-0.39, 0.29) is 5.91 Å². The lowest BCUT2D eigenvalue weighted by Gasteiger charge is -2.15. The molecule has 2 heterocycles. The van der Waals surface area contributed by atoms with E-state index in [0.29, 0.717) is 11.4 Å². The topological polar surface area (TPSA) is 60.2 Å². The minimum Gasteiger partial charge on any atom is -0.274 e. The summed E-state index contributed by atoms with van der Waals surface area (Å²) in [6, 6.07) is 5.15. The van der Waals surface area contributed by atoms with E-state index in [0.717, 1.165) is 5.06 Å². The lowest BCUT2D eigenvalue weighted by molar-refractivity contribution is -0.0757. The third-order valence-corrected chi connectivity index (χ3v) is 2.30. The number of hydrogen-bond donors (Lipinski definition) is 0. The number of carbonyl (C=O) groups is 1. The molecule has 0 unspecified atom stereocenters. The number of rotatable bonds is 3. The maximum atomic E-state index is 12.0. The molecule has 0 aliphatic rings. The van der Waals surface area contributed by atoms with Gasteiger partial charge < -0.3 is 0 Å². The van der Waals surface area contributed by atoms with Crippen molar-refractivity contribution in [2.45, 2.75) is 0 Å². The number of aromatic nitrogens is 3. The summed E-state index contributed by atoms with van der Waals surface area (Å²) < 4.78 is 1.54. The van der Waals surface area contributed by atoms with Gasteiger partial charge in [-0.25, -0.2) is 14.7 Å². The molecule has 0 radical (unpaired) electrons. The van der Waals surface area contributed by atoms with Crippen molar-refractivity contribution >= 4 is 5.91 Å². The molecular weight excluding hydrogens is 220 g/mol. The molecule has 1 amide bonds. The number of pyridine rings is 1. The Bertz CT molecular complexity index is 510. The van der Waals surface area contributed by atoms with Crippen LogP contribution in [0.2, 0.25) is 0 Å². The van der Waals surface area contributed by atoms with Crippen molar-refractivity contribution in [3.63, 3.8) is 0 Å². The van der Waals surface area contributed by atoms with E-state index >= 15 is 0 Å². The van der Waals surface area contributed by atoms with E-state index in [1.165, 1.54) is 11.8 Å². The number of hydrogen-bond acceptors (Lipinski definition) is 4. The van der Waals surface area contributed by atoms with Gasteiger partial charge in [-0.05, 0) is 18.2 Å². The maximum Gasteiger partial charge on any atom is 0.280 e. The van der Waals surface area contributed by atoms with Gasteiger partial charge in [-0.1, -0.05) is 0 Å². The Kier molecular flexibility index (Phi) is 3.15. The van der Waals surface area contributed by atoms with E-state index in [2.05, 4.69) is 10.1 Å². The molecule has 0 atom stereocenters. The zero-order chi connectivity index (χ0) is 12.3. The monoisotopic (exact) mass is 232 g/mol. The molecule has 6 heteroatoms. The molecule has 2 rings (SSSR count). The first kappa shape index (κ1) is 11.3. The third-order valence-electron chi connectivity index (χ3n) is 2.30. The van der Waals surface area contributed by atoms with E-state index in [1.54, 1.807) is 43.8 Å². The first-order valence-electron chi connectivity index (χ1n) is 5.01. The van der Waals surface area contributed by atoms with Crippen LogP contribution in [0, 0.1) is 0 Å². The van der Waals surface area contributed by atoms with Crippen molar-refractivity contribution in [1.29, 1.82) is 0 Å². The van der Waals surface area contributed by atoms with Crippen LogP contribution >= 0.6 is 0 Å². The van der Waals surface area contributed by atoms with Crippen LogP contribution in [0.3, 0.4) is 0 Å². The van der Waals surface area contributed by atoms with Gasteiger partial charge in [-0.15, -0.1) is 0 Å². The van der Waals surface area contributed by atoms with Crippen molar-refractivity contribution in [3.05, 3.63) is 42.4 Å². The molecule has 0 aromatic carbocycles. The number of amides is 1. The Morgan fingerprint density at radius 1 is 1.41 bits per heavy atom. The van der Waals surface area contributed by atoms with Crippen LogP contribution in [-0.4, -0.2) is 39.9 Å². The van der Waals surface area contributed by atoms with E-state index in [1.807, 2.05) is 0 Å². The second-order valence-corrected chi connectivity index (χ2v) is 3.31. The summed E-state index contributed by atoms with van der Waals surface area (Å²) in [4.78, 5) is 21.0. The Balaban J connectivity index is 2.45. The molecule has 17 heavy (non-hydrogen) atoms. The van der Waals surface area contributed by atoms with Crippen molar-refractivity contribution in [3.8, 4) is 5.82 Å². The van der Waals surface area contributed by atoms with E-state index in [4.69, 9.17) is 4.84 Å². The van der Waals surface area contributed by atoms with Gasteiger partial charge >= 0.3 is 0 Å². The highest BCUT2D eigenvalue weighted by atomic mass is 16.7. The van der Waals surface area contributed by atoms with Crippen molar-refractivity contribution in [2.24, 2.45) is 0 Å². The largest absolute Gasteiger partial charge is 0.280 e. The standard InChI is InChI=1S/C11H12N4O2/c1-14(17-2)11(16)9-5-3-6-12-10(9)15-8-4-7-13-15/h3-8H,1-2H3. The summed E-state index contributed by atoms with van der Waals surface area (Å²) >= 11 is 0. The van der Waals surface area contributed by atoms with Crippen LogP contribution < -0.4 is 0 Å². The van der Waals surface area contributed by atoms with Crippen LogP contribution in [0.15, 0.2) is 36.8 Å². The number of hydroxylamine groups is 2. The normalized spacial score (nSPS) is 10.2. The van der Waals surface area contributed by atoms with Gasteiger partial charge in [0.1, 0.15) is 0 Å². The molecule has 2 aromatic heterocycles. The summed E-state index contributed by atoms with van der Waals surface area (Å²) in [5, 5.41) is 5.20. The Labute approximate surface area is 98.4 Å². The van der Waals surface area contributed by atoms with Crippen molar-refractivity contribution < 1.29 is 9.63 Å². The fourth-order valence-corrected chi connectivity index (χ4v) is 1.39. The molecule has 0 aliphatic heterocycles. The smallest absolute Gasteiger partial charge is 0.274 e. The lowest BCUT2D eigenvalue weighted by atomic mass is 10.2. The van der Waals surface area contributed by atoms with Gasteiger partial charge in [0.15, 0.2) is 5.82 Å². The predicted molar refractivity (Wildman–Crippen MR) is 60.5 cm³/mol. The van der Waals surface area contributed by atoms with Gasteiger partial charge in [0.25, 0.3) is 5.91 Å². The summed E-state index contributed by atoms with van der Waals surface area (Å²) in [7, 11) is 2.98. The molecule has 0 saturated carbocycles. The van der Waals surface area contributed by atoms with Gasteiger partial charge in [0.05, 0.1) is 12.7 Å². The molecule has 2 aromatic rings. The lowest BCUT2D eigenvalue weighted by Crippen LogP contribution is -2.27. The second kappa shape index (κ2) is 4.75. The highest BCUT2D eigenvalue weighted by Gasteiger charge is 2.17. The van der Waals surface area contributed by atoms with Crippen LogP contribution in [-0.2, 0) is 4.84 Å². The maximum absolute atomic E-state index is 12.0. The van der Waals surface area contributed by atoms with E-state index in [9.17, 15) is 4.79 Å². The van der Waals surface area contributed by atoms with Gasteiger partial charge in [0.2, 0.25) is 0 Å². The summed E-state index contributed by atoms with van der Waals surface area (Å²) in [5.74, 6) is 0.206. The fourth-order valence-electron chi connectivity index (χ4n) is 1.39. The number of nitrogens with zero attached hydrogens (tertiary/aromatic N) is 4. The van der Waals surface area contributed by atoms with Gasteiger partial charge in [-0.3, -0.25) is 9.63 Å². The molecule has 0 fully saturated rings. The SMILES string of the molecule is CON(C)C(=O)c1cccnc1-n1cccn1. The zero-order valence-electron chi connectivity index (χ0n) is 9.57. The minimum atomic E-state index is -0.272. The number of carbonyl (C=O) groups excluding carboxylic acids is 1. The zero-order valence-corrected chi connectivity index (χ0v) is 9.57. The van der Waals surface area contributed by atoms with Crippen LogP contribution in [0.5, 0.6) is 0 Å². The Morgan fingerprint density at radius 3 is 2.88 bits per heavy atom. The molecule has 0 spiro atoms. The summed E-state index contributed by atoms with van der Waals surface area (Å²) in [6.07, 6.45) is 4.97. The highest BCUT2D eigenvalue weighted by molar-refractivity contribution is 5.96. The van der Waals surface area contributed by atoms with E-state index < -0.39 is 0 Å². The summed E-state index contributed by atoms with van der Waals surface area (Å²) in [5.41, 5.74) is 0.431. The molecule has 0 aliphatic carbocycles. The summed E-state index contributed by atoms with van der Waals surface area (Å²) in [6.45, 7) is 0. The molecule has 0 N–H and O–H groups in total. The van der Waals surface area contributed by atoms with Gasteiger partial charge in [-0.2, -0.15) is 5.10 Å².